The molecular formula is C9H5F2NO2. The van der Waals surface area contributed by atoms with Gasteiger partial charge in [-0.15, -0.1) is 4.99 Å². The maximum absolute atomic E-state index is 12.9. The van der Waals surface area contributed by atoms with E-state index in [1.54, 1.807) is 0 Å². The van der Waals surface area contributed by atoms with Crippen molar-refractivity contribution < 1.29 is 18.4 Å². The summed E-state index contributed by atoms with van der Waals surface area (Å²) in [5.74, 6) is -2.59. The van der Waals surface area contributed by atoms with Gasteiger partial charge in [0.05, 0.1) is 6.42 Å². The van der Waals surface area contributed by atoms with E-state index >= 15 is 0 Å². The van der Waals surface area contributed by atoms with Crippen LogP contribution in [0.5, 0.6) is 0 Å². The van der Waals surface area contributed by atoms with Crippen LogP contribution in [0.3, 0.4) is 0 Å². The van der Waals surface area contributed by atoms with Gasteiger partial charge in [-0.1, -0.05) is 6.07 Å². The van der Waals surface area contributed by atoms with Gasteiger partial charge in [-0.25, -0.2) is 13.6 Å². The van der Waals surface area contributed by atoms with Crippen molar-refractivity contribution in [1.82, 2.24) is 0 Å². The summed E-state index contributed by atoms with van der Waals surface area (Å²) in [6, 6.07) is 3.23. The largest absolute Gasteiger partial charge is 0.271 e. The molecule has 0 aliphatic carbocycles. The second kappa shape index (κ2) is 4.39. The van der Waals surface area contributed by atoms with Crippen molar-refractivity contribution in [2.75, 3.05) is 0 Å². The van der Waals surface area contributed by atoms with Gasteiger partial charge < -0.3 is 0 Å². The molecule has 1 aromatic rings. The van der Waals surface area contributed by atoms with Crippen molar-refractivity contribution in [3.63, 3.8) is 0 Å². The Morgan fingerprint density at radius 1 is 1.36 bits per heavy atom. The van der Waals surface area contributed by atoms with Crippen LogP contribution in [0, 0.1) is 11.6 Å². The molecule has 0 radical (unpaired) electrons. The molecule has 5 heteroatoms. The molecule has 0 spiro atoms. The topological polar surface area (TPSA) is 46.5 Å². The smallest absolute Gasteiger partial charge is 0.261 e. The molecule has 0 N–H and O–H groups in total. The first kappa shape index (κ1) is 10.2. The molecule has 0 atom stereocenters. The number of nitrogens with zero attached hydrogens (tertiary/aromatic N) is 1. The SMILES string of the molecule is O=C=NC(=O)Cc1c(F)cccc1F. The lowest BCUT2D eigenvalue weighted by atomic mass is 10.1. The summed E-state index contributed by atoms with van der Waals surface area (Å²) in [6.45, 7) is 0. The summed E-state index contributed by atoms with van der Waals surface area (Å²) in [6.07, 6.45) is 0.432. The molecule has 0 heterocycles. The van der Waals surface area contributed by atoms with Gasteiger partial charge >= 0.3 is 0 Å². The Balaban J connectivity index is 2.96. The van der Waals surface area contributed by atoms with Crippen LogP contribution in [-0.4, -0.2) is 12.0 Å². The molecule has 1 amide bonds. The molecule has 0 bridgehead atoms. The van der Waals surface area contributed by atoms with E-state index in [0.717, 1.165) is 18.2 Å². The number of isocyanates is 1. The zero-order chi connectivity index (χ0) is 10.6. The molecule has 0 unspecified atom stereocenters. The Labute approximate surface area is 78.1 Å². The van der Waals surface area contributed by atoms with Crippen LogP contribution in [0.2, 0.25) is 0 Å². The Hall–Kier alpha value is -1.87. The Kier molecular flexibility index (Phi) is 3.20. The van der Waals surface area contributed by atoms with Crippen molar-refractivity contribution >= 4 is 12.0 Å². The first-order valence-corrected chi connectivity index (χ1v) is 3.68. The summed E-state index contributed by atoms with van der Waals surface area (Å²) in [5, 5.41) is 0. The lowest BCUT2D eigenvalue weighted by Gasteiger charge is -2.00. The van der Waals surface area contributed by atoms with Crippen LogP contribution in [0.4, 0.5) is 8.78 Å². The molecule has 72 valence electrons. The standard InChI is InChI=1S/C9H5F2NO2/c10-7-2-1-3-8(11)6(7)4-9(14)12-5-13/h1-3H,4H2. The molecule has 14 heavy (non-hydrogen) atoms. The number of hydrogen-bond donors (Lipinski definition) is 0. The molecule has 0 aliphatic heterocycles. The number of aliphatic imine (C=N–C) groups is 1. The van der Waals surface area contributed by atoms with Crippen LogP contribution >= 0.6 is 0 Å². The fourth-order valence-electron chi connectivity index (χ4n) is 0.943. The third-order valence-corrected chi connectivity index (χ3v) is 1.56. The van der Waals surface area contributed by atoms with E-state index < -0.39 is 29.5 Å². The highest BCUT2D eigenvalue weighted by molar-refractivity contribution is 5.83. The second-order valence-electron chi connectivity index (χ2n) is 2.47. The summed E-state index contributed by atoms with van der Waals surface area (Å²) in [5.41, 5.74) is -0.392. The molecular weight excluding hydrogens is 192 g/mol. The Morgan fingerprint density at radius 3 is 2.43 bits per heavy atom. The van der Waals surface area contributed by atoms with Crippen LogP contribution in [0.15, 0.2) is 23.2 Å². The number of hydrogen-bond acceptors (Lipinski definition) is 2. The molecule has 0 aromatic heterocycles. The van der Waals surface area contributed by atoms with Gasteiger partial charge in [0.15, 0.2) is 0 Å². The molecule has 3 nitrogen and oxygen atoms in total. The lowest BCUT2D eigenvalue weighted by Crippen LogP contribution is -2.03. The number of carbonyl (C=O) groups is 1. The van der Waals surface area contributed by atoms with E-state index in [1.165, 1.54) is 6.07 Å². The highest BCUT2D eigenvalue weighted by atomic mass is 19.1. The molecule has 0 fully saturated rings. The summed E-state index contributed by atoms with van der Waals surface area (Å²) in [4.78, 5) is 23.2. The van der Waals surface area contributed by atoms with Crippen molar-refractivity contribution in [1.29, 1.82) is 0 Å². The van der Waals surface area contributed by atoms with E-state index in [-0.39, 0.29) is 0 Å². The van der Waals surface area contributed by atoms with E-state index in [0.29, 0.717) is 0 Å². The molecule has 0 aliphatic rings. The van der Waals surface area contributed by atoms with E-state index in [1.807, 2.05) is 0 Å². The average molecular weight is 197 g/mol. The predicted octanol–water partition coefficient (Wildman–Crippen LogP) is 1.37. The summed E-state index contributed by atoms with van der Waals surface area (Å²) in [7, 11) is 0. The number of rotatable bonds is 2. The molecule has 0 saturated heterocycles. The van der Waals surface area contributed by atoms with Gasteiger partial charge in [0.25, 0.3) is 5.91 Å². The van der Waals surface area contributed by atoms with Gasteiger partial charge in [0, 0.05) is 5.56 Å². The Bertz CT molecular complexity index is 391. The van der Waals surface area contributed by atoms with Crippen molar-refractivity contribution in [2.24, 2.45) is 4.99 Å². The molecule has 1 aromatic carbocycles. The third-order valence-electron chi connectivity index (χ3n) is 1.56. The van der Waals surface area contributed by atoms with Gasteiger partial charge in [-0.2, -0.15) is 0 Å². The van der Waals surface area contributed by atoms with Crippen molar-refractivity contribution in [3.8, 4) is 0 Å². The highest BCUT2D eigenvalue weighted by Gasteiger charge is 2.11. The zero-order valence-electron chi connectivity index (χ0n) is 6.96. The molecule has 1 rings (SSSR count). The van der Waals surface area contributed by atoms with E-state index in [9.17, 15) is 18.4 Å². The summed E-state index contributed by atoms with van der Waals surface area (Å²) < 4.78 is 25.8. The first-order valence-electron chi connectivity index (χ1n) is 3.68. The monoisotopic (exact) mass is 197 g/mol. The van der Waals surface area contributed by atoms with Gasteiger partial charge in [-0.05, 0) is 12.1 Å². The minimum atomic E-state index is -0.927. The lowest BCUT2D eigenvalue weighted by molar-refractivity contribution is -0.117. The van der Waals surface area contributed by atoms with Crippen LogP contribution in [0.25, 0.3) is 0 Å². The van der Waals surface area contributed by atoms with E-state index in [2.05, 4.69) is 4.99 Å². The minimum absolute atomic E-state index is 0.392. The quantitative estimate of drug-likeness (QED) is 0.531. The van der Waals surface area contributed by atoms with Crippen LogP contribution in [-0.2, 0) is 16.0 Å². The average Bonchev–Trinajstić information content (AvgIpc) is 2.12. The second-order valence-corrected chi connectivity index (χ2v) is 2.47. The zero-order valence-corrected chi connectivity index (χ0v) is 6.96. The van der Waals surface area contributed by atoms with Crippen LogP contribution < -0.4 is 0 Å². The maximum Gasteiger partial charge on any atom is 0.261 e. The summed E-state index contributed by atoms with van der Waals surface area (Å²) >= 11 is 0. The van der Waals surface area contributed by atoms with Crippen LogP contribution in [0.1, 0.15) is 5.56 Å². The van der Waals surface area contributed by atoms with Crippen molar-refractivity contribution in [3.05, 3.63) is 35.4 Å². The van der Waals surface area contributed by atoms with Crippen molar-refractivity contribution in [2.45, 2.75) is 6.42 Å². The molecule has 0 saturated carbocycles. The van der Waals surface area contributed by atoms with Gasteiger partial charge in [-0.3, -0.25) is 4.79 Å². The van der Waals surface area contributed by atoms with Gasteiger partial charge in [0.1, 0.15) is 11.6 Å². The fourth-order valence-corrected chi connectivity index (χ4v) is 0.943. The van der Waals surface area contributed by atoms with E-state index in [4.69, 9.17) is 0 Å². The van der Waals surface area contributed by atoms with Gasteiger partial charge in [0.2, 0.25) is 6.08 Å². The predicted molar refractivity (Wildman–Crippen MR) is 43.2 cm³/mol. The number of halogens is 2. The number of benzene rings is 1. The number of amides is 1. The maximum atomic E-state index is 12.9. The number of carbonyl (C=O) groups excluding carboxylic acids is 2. The normalized spacial score (nSPS) is 9.29. The Morgan fingerprint density at radius 2 is 1.93 bits per heavy atom. The highest BCUT2D eigenvalue weighted by Crippen LogP contribution is 2.12. The minimum Gasteiger partial charge on any atom is -0.271 e. The fraction of sp³-hybridized carbons (Fsp3) is 0.111. The third kappa shape index (κ3) is 2.31. The first-order chi connectivity index (χ1) is 6.65.